The average molecular weight is 275 g/mol. The number of hydrogen-bond donors (Lipinski definition) is 3. The van der Waals surface area contributed by atoms with Crippen LogP contribution in [-0.2, 0) is 4.79 Å². The summed E-state index contributed by atoms with van der Waals surface area (Å²) < 4.78 is 1.50. The maximum atomic E-state index is 11.8. The zero-order valence-corrected chi connectivity index (χ0v) is 10.4. The number of aliphatic carboxylic acids is 1. The van der Waals surface area contributed by atoms with Crippen molar-refractivity contribution < 1.29 is 19.8 Å². The third-order valence-electron chi connectivity index (χ3n) is 2.63. The van der Waals surface area contributed by atoms with Gasteiger partial charge in [-0.25, -0.2) is 9.48 Å². The molecule has 3 N–H and O–H groups in total. The first-order valence-corrected chi connectivity index (χ1v) is 5.87. The smallest absolute Gasteiger partial charge is 0.328 e. The van der Waals surface area contributed by atoms with Crippen LogP contribution < -0.4 is 5.32 Å². The third kappa shape index (κ3) is 3.01. The summed E-state index contributed by atoms with van der Waals surface area (Å²) in [5.41, 5.74) is 0.858. The van der Waals surface area contributed by atoms with Crippen molar-refractivity contribution in [2.24, 2.45) is 0 Å². The normalized spacial score (nSPS) is 11.8. The molecule has 0 radical (unpaired) electrons. The summed E-state index contributed by atoms with van der Waals surface area (Å²) in [5.74, 6) is -1.95. The van der Waals surface area contributed by atoms with Gasteiger partial charge in [0.1, 0.15) is 0 Å². The van der Waals surface area contributed by atoms with Crippen LogP contribution in [-0.4, -0.2) is 44.5 Å². The molecule has 20 heavy (non-hydrogen) atoms. The number of benzene rings is 1. The lowest BCUT2D eigenvalue weighted by atomic mass is 10.3. The predicted molar refractivity (Wildman–Crippen MR) is 69.5 cm³/mol. The summed E-state index contributed by atoms with van der Waals surface area (Å²) in [6.45, 7) is -0.680. The Morgan fingerprint density at radius 3 is 2.55 bits per heavy atom. The quantitative estimate of drug-likeness (QED) is 0.715. The molecule has 2 rings (SSSR count). The van der Waals surface area contributed by atoms with Gasteiger partial charge in [0.15, 0.2) is 11.7 Å². The number of nitrogens with zero attached hydrogens (tertiary/aromatic N) is 2. The van der Waals surface area contributed by atoms with Crippen LogP contribution in [0, 0.1) is 0 Å². The lowest BCUT2D eigenvalue weighted by Gasteiger charge is -2.09. The van der Waals surface area contributed by atoms with Crippen LogP contribution in [0.5, 0.6) is 0 Å². The predicted octanol–water partition coefficient (Wildman–Crippen LogP) is 0.0476. The van der Waals surface area contributed by atoms with Crippen molar-refractivity contribution in [1.29, 1.82) is 0 Å². The van der Waals surface area contributed by atoms with Gasteiger partial charge in [-0.3, -0.25) is 4.79 Å². The van der Waals surface area contributed by atoms with Gasteiger partial charge in [-0.15, -0.1) is 0 Å². The summed E-state index contributed by atoms with van der Waals surface area (Å²) in [6.07, 6.45) is 1.60. The number of carbonyl (C=O) groups is 2. The highest BCUT2D eigenvalue weighted by atomic mass is 16.4. The number of amides is 1. The van der Waals surface area contributed by atoms with Gasteiger partial charge in [0, 0.05) is 6.20 Å². The minimum Gasteiger partial charge on any atom is -0.480 e. The lowest BCUT2D eigenvalue weighted by Crippen LogP contribution is -2.43. The molecule has 0 spiro atoms. The molecular weight excluding hydrogens is 262 g/mol. The number of carbonyl (C=O) groups excluding carboxylic acids is 1. The summed E-state index contributed by atoms with van der Waals surface area (Å²) in [6, 6.07) is 9.30. The topological polar surface area (TPSA) is 104 Å². The summed E-state index contributed by atoms with van der Waals surface area (Å²) >= 11 is 0. The van der Waals surface area contributed by atoms with E-state index in [0.717, 1.165) is 5.69 Å². The first-order chi connectivity index (χ1) is 9.61. The Morgan fingerprint density at radius 2 is 1.95 bits per heavy atom. The van der Waals surface area contributed by atoms with Crippen LogP contribution in [0.15, 0.2) is 42.6 Å². The number of hydrogen-bond acceptors (Lipinski definition) is 4. The zero-order chi connectivity index (χ0) is 14.5. The van der Waals surface area contributed by atoms with Crippen LogP contribution >= 0.6 is 0 Å². The number of carboxylic acids is 1. The van der Waals surface area contributed by atoms with Crippen LogP contribution in [0.3, 0.4) is 0 Å². The molecule has 1 atom stereocenters. The van der Waals surface area contributed by atoms with E-state index in [1.54, 1.807) is 6.20 Å². The molecular formula is C13H13N3O4. The fourth-order valence-corrected chi connectivity index (χ4v) is 1.59. The number of aliphatic hydroxyl groups excluding tert-OH is 1. The fraction of sp³-hybridized carbons (Fsp3) is 0.154. The second kappa shape index (κ2) is 5.98. The maximum Gasteiger partial charge on any atom is 0.328 e. The molecule has 7 heteroatoms. The molecule has 0 unspecified atom stereocenters. The molecule has 0 aliphatic heterocycles. The minimum atomic E-state index is -1.34. The van der Waals surface area contributed by atoms with E-state index < -0.39 is 24.5 Å². The molecule has 1 amide bonds. The summed E-state index contributed by atoms with van der Waals surface area (Å²) in [7, 11) is 0. The molecule has 1 heterocycles. The highest BCUT2D eigenvalue weighted by Gasteiger charge is 2.20. The van der Waals surface area contributed by atoms with Gasteiger partial charge in [0.25, 0.3) is 5.91 Å². The van der Waals surface area contributed by atoms with Crippen molar-refractivity contribution in [3.63, 3.8) is 0 Å². The van der Waals surface area contributed by atoms with Crippen molar-refractivity contribution in [2.75, 3.05) is 6.61 Å². The first kappa shape index (κ1) is 13.8. The van der Waals surface area contributed by atoms with Crippen LogP contribution in [0.25, 0.3) is 5.69 Å². The maximum absolute atomic E-state index is 11.8. The van der Waals surface area contributed by atoms with Gasteiger partial charge < -0.3 is 15.5 Å². The summed E-state index contributed by atoms with van der Waals surface area (Å²) in [5, 5.41) is 23.8. The lowest BCUT2D eigenvalue weighted by molar-refractivity contribution is -0.140. The molecule has 1 aromatic carbocycles. The van der Waals surface area contributed by atoms with E-state index >= 15 is 0 Å². The van der Waals surface area contributed by atoms with Gasteiger partial charge in [-0.1, -0.05) is 18.2 Å². The Balaban J connectivity index is 2.13. The van der Waals surface area contributed by atoms with E-state index in [1.165, 1.54) is 10.7 Å². The highest BCUT2D eigenvalue weighted by Crippen LogP contribution is 2.06. The van der Waals surface area contributed by atoms with E-state index in [4.69, 9.17) is 10.2 Å². The standard InChI is InChI=1S/C13H13N3O4/c17-8-11(13(19)20)14-12(18)10-6-7-16(15-10)9-4-2-1-3-5-9/h1-7,11,17H,8H2,(H,14,18)(H,19,20)/t11-/m0/s1. The zero-order valence-electron chi connectivity index (χ0n) is 10.4. The average Bonchev–Trinajstić information content (AvgIpc) is 2.95. The number of carboxylic acid groups (broad SMARTS) is 1. The van der Waals surface area contributed by atoms with Crippen LogP contribution in [0.4, 0.5) is 0 Å². The molecule has 7 nitrogen and oxygen atoms in total. The third-order valence-corrected chi connectivity index (χ3v) is 2.63. The van der Waals surface area contributed by atoms with Crippen molar-refractivity contribution in [1.82, 2.24) is 15.1 Å². The SMILES string of the molecule is O=C(N[C@@H](CO)C(=O)O)c1ccn(-c2ccccc2)n1. The minimum absolute atomic E-state index is 0.0774. The number of nitrogens with one attached hydrogen (secondary N) is 1. The Hall–Kier alpha value is -2.67. The monoisotopic (exact) mass is 275 g/mol. The second-order valence-electron chi connectivity index (χ2n) is 4.03. The number of aliphatic hydroxyl groups is 1. The van der Waals surface area contributed by atoms with Crippen LogP contribution in [0.1, 0.15) is 10.5 Å². The molecule has 0 aliphatic carbocycles. The fourth-order valence-electron chi connectivity index (χ4n) is 1.59. The molecule has 104 valence electrons. The van der Waals surface area contributed by atoms with Gasteiger partial charge in [-0.2, -0.15) is 5.10 Å². The Morgan fingerprint density at radius 1 is 1.25 bits per heavy atom. The molecule has 0 saturated carbocycles. The van der Waals surface area contributed by atoms with Gasteiger partial charge in [-0.05, 0) is 18.2 Å². The van der Waals surface area contributed by atoms with E-state index in [-0.39, 0.29) is 5.69 Å². The van der Waals surface area contributed by atoms with Gasteiger partial charge in [0.05, 0.1) is 12.3 Å². The molecule has 0 bridgehead atoms. The Bertz CT molecular complexity index is 609. The summed E-state index contributed by atoms with van der Waals surface area (Å²) in [4.78, 5) is 22.5. The van der Waals surface area contributed by atoms with E-state index in [9.17, 15) is 9.59 Å². The van der Waals surface area contributed by atoms with Crippen molar-refractivity contribution in [3.8, 4) is 5.69 Å². The second-order valence-corrected chi connectivity index (χ2v) is 4.03. The number of aromatic nitrogens is 2. The molecule has 2 aromatic rings. The van der Waals surface area contributed by atoms with Gasteiger partial charge in [0.2, 0.25) is 0 Å². The van der Waals surface area contributed by atoms with Crippen molar-refractivity contribution >= 4 is 11.9 Å². The molecule has 0 saturated heterocycles. The van der Waals surface area contributed by atoms with E-state index in [1.807, 2.05) is 30.3 Å². The Kier molecular flexibility index (Phi) is 4.11. The van der Waals surface area contributed by atoms with E-state index in [2.05, 4.69) is 10.4 Å². The number of para-hydroxylation sites is 1. The molecule has 1 aromatic heterocycles. The van der Waals surface area contributed by atoms with Gasteiger partial charge >= 0.3 is 5.97 Å². The first-order valence-electron chi connectivity index (χ1n) is 5.87. The number of rotatable bonds is 5. The van der Waals surface area contributed by atoms with Crippen molar-refractivity contribution in [3.05, 3.63) is 48.3 Å². The molecule has 0 aliphatic rings. The van der Waals surface area contributed by atoms with E-state index in [0.29, 0.717) is 0 Å². The molecule has 0 fully saturated rings. The van der Waals surface area contributed by atoms with Crippen molar-refractivity contribution in [2.45, 2.75) is 6.04 Å². The largest absolute Gasteiger partial charge is 0.480 e. The Labute approximate surface area is 114 Å². The van der Waals surface area contributed by atoms with Crippen LogP contribution in [0.2, 0.25) is 0 Å². The highest BCUT2D eigenvalue weighted by molar-refractivity contribution is 5.94.